The predicted octanol–water partition coefficient (Wildman–Crippen LogP) is 0.724. The van der Waals surface area contributed by atoms with Crippen molar-refractivity contribution >= 4 is 5.91 Å². The summed E-state index contributed by atoms with van der Waals surface area (Å²) in [6.07, 6.45) is -1.13. The zero-order valence-corrected chi connectivity index (χ0v) is 10.0. The number of carbonyl (C=O) groups excluding carboxylic acids is 1. The van der Waals surface area contributed by atoms with E-state index in [1.54, 1.807) is 0 Å². The highest BCUT2D eigenvalue weighted by Crippen LogP contribution is 2.17. The molecule has 1 aromatic rings. The van der Waals surface area contributed by atoms with Gasteiger partial charge in [-0.3, -0.25) is 4.79 Å². The molecule has 0 spiro atoms. The normalized spacial score (nSPS) is 12.2. The minimum Gasteiger partial charge on any atom is -0.387 e. The number of carbonyl (C=O) groups is 1. The van der Waals surface area contributed by atoms with Crippen LogP contribution in [0.5, 0.6) is 0 Å². The summed E-state index contributed by atoms with van der Waals surface area (Å²) in [6, 6.07) is 2.94. The Hall–Kier alpha value is -1.53. The summed E-state index contributed by atoms with van der Waals surface area (Å²) in [5.41, 5.74) is -0.0815. The van der Waals surface area contributed by atoms with Gasteiger partial charge >= 0.3 is 0 Å². The van der Waals surface area contributed by atoms with E-state index < -0.39 is 17.7 Å². The van der Waals surface area contributed by atoms with Crippen LogP contribution in [0.4, 0.5) is 8.78 Å². The van der Waals surface area contributed by atoms with Crippen molar-refractivity contribution in [3.63, 3.8) is 0 Å². The van der Waals surface area contributed by atoms with Gasteiger partial charge in [-0.05, 0) is 18.2 Å². The number of nitrogens with one attached hydrogen (secondary N) is 2. The first kappa shape index (κ1) is 14.5. The van der Waals surface area contributed by atoms with Crippen molar-refractivity contribution in [2.45, 2.75) is 13.0 Å². The van der Waals surface area contributed by atoms with E-state index >= 15 is 0 Å². The van der Waals surface area contributed by atoms with Crippen molar-refractivity contribution < 1.29 is 18.7 Å². The Morgan fingerprint density at radius 2 is 2.11 bits per heavy atom. The highest BCUT2D eigenvalue weighted by molar-refractivity contribution is 5.72. The molecule has 1 unspecified atom stereocenters. The van der Waals surface area contributed by atoms with Crippen LogP contribution in [0.2, 0.25) is 0 Å². The lowest BCUT2D eigenvalue weighted by Crippen LogP contribution is -2.32. The van der Waals surface area contributed by atoms with Crippen molar-refractivity contribution in [2.75, 3.05) is 19.6 Å². The molecule has 1 rings (SSSR count). The molecular formula is C12H16F2N2O2. The number of rotatable bonds is 6. The molecular weight excluding hydrogens is 242 g/mol. The third kappa shape index (κ3) is 4.77. The largest absolute Gasteiger partial charge is 0.387 e. The Bertz CT molecular complexity index is 413. The van der Waals surface area contributed by atoms with E-state index in [1.165, 1.54) is 6.92 Å². The minimum absolute atomic E-state index is 0.0815. The molecule has 1 atom stereocenters. The third-order valence-corrected chi connectivity index (χ3v) is 2.33. The molecule has 0 saturated heterocycles. The highest BCUT2D eigenvalue weighted by Gasteiger charge is 2.13. The second-order valence-electron chi connectivity index (χ2n) is 3.87. The highest BCUT2D eigenvalue weighted by atomic mass is 19.1. The molecule has 3 N–H and O–H groups in total. The molecule has 0 aromatic heterocycles. The van der Waals surface area contributed by atoms with E-state index in [1.807, 2.05) is 0 Å². The fourth-order valence-corrected chi connectivity index (χ4v) is 1.45. The molecule has 0 heterocycles. The molecule has 0 radical (unpaired) electrons. The molecule has 0 bridgehead atoms. The van der Waals surface area contributed by atoms with Crippen LogP contribution in [-0.4, -0.2) is 30.6 Å². The average Bonchev–Trinajstić information content (AvgIpc) is 2.31. The van der Waals surface area contributed by atoms with Crippen molar-refractivity contribution in [3.8, 4) is 0 Å². The van der Waals surface area contributed by atoms with Gasteiger partial charge in [-0.25, -0.2) is 8.78 Å². The van der Waals surface area contributed by atoms with Crippen molar-refractivity contribution in [1.29, 1.82) is 0 Å². The maximum atomic E-state index is 13.3. The molecule has 18 heavy (non-hydrogen) atoms. The summed E-state index contributed by atoms with van der Waals surface area (Å²) < 4.78 is 26.2. The number of benzene rings is 1. The average molecular weight is 258 g/mol. The van der Waals surface area contributed by atoms with Crippen molar-refractivity contribution in [1.82, 2.24) is 10.6 Å². The first-order chi connectivity index (χ1) is 8.50. The summed E-state index contributed by atoms with van der Waals surface area (Å²) >= 11 is 0. The van der Waals surface area contributed by atoms with Gasteiger partial charge in [-0.15, -0.1) is 0 Å². The number of amides is 1. The second kappa shape index (κ2) is 7.03. The molecule has 0 saturated carbocycles. The lowest BCUT2D eigenvalue weighted by Gasteiger charge is -2.13. The maximum absolute atomic E-state index is 13.3. The van der Waals surface area contributed by atoms with Crippen LogP contribution in [0.3, 0.4) is 0 Å². The quantitative estimate of drug-likeness (QED) is 0.659. The fraction of sp³-hybridized carbons (Fsp3) is 0.417. The number of hydrogen-bond donors (Lipinski definition) is 3. The molecule has 1 amide bonds. The van der Waals surface area contributed by atoms with Gasteiger partial charge in [0.05, 0.1) is 6.10 Å². The lowest BCUT2D eigenvalue weighted by molar-refractivity contribution is -0.118. The molecule has 0 aliphatic carbocycles. The number of halogens is 2. The molecule has 4 nitrogen and oxygen atoms in total. The van der Waals surface area contributed by atoms with Gasteiger partial charge in [0.1, 0.15) is 11.6 Å². The number of aliphatic hydroxyl groups is 1. The third-order valence-electron chi connectivity index (χ3n) is 2.33. The molecule has 6 heteroatoms. The van der Waals surface area contributed by atoms with Crippen LogP contribution >= 0.6 is 0 Å². The summed E-state index contributed by atoms with van der Waals surface area (Å²) in [6.45, 7) is 2.33. The molecule has 1 aromatic carbocycles. The molecule has 0 fully saturated rings. The van der Waals surface area contributed by atoms with Crippen LogP contribution in [-0.2, 0) is 4.79 Å². The SMILES string of the molecule is CC(=O)NCCNCC(O)c1cc(F)ccc1F. The second-order valence-corrected chi connectivity index (χ2v) is 3.87. The lowest BCUT2D eigenvalue weighted by atomic mass is 10.1. The van der Waals surface area contributed by atoms with E-state index in [9.17, 15) is 18.7 Å². The van der Waals surface area contributed by atoms with E-state index in [-0.39, 0.29) is 18.0 Å². The topological polar surface area (TPSA) is 61.4 Å². The number of aliphatic hydroxyl groups excluding tert-OH is 1. The monoisotopic (exact) mass is 258 g/mol. The Balaban J connectivity index is 2.38. The fourth-order valence-electron chi connectivity index (χ4n) is 1.45. The Morgan fingerprint density at radius 3 is 2.78 bits per heavy atom. The van der Waals surface area contributed by atoms with E-state index in [2.05, 4.69) is 10.6 Å². The van der Waals surface area contributed by atoms with Crippen molar-refractivity contribution in [2.24, 2.45) is 0 Å². The summed E-state index contributed by atoms with van der Waals surface area (Å²) in [5.74, 6) is -1.38. The zero-order valence-electron chi connectivity index (χ0n) is 10.0. The first-order valence-electron chi connectivity index (χ1n) is 5.59. The first-order valence-corrected chi connectivity index (χ1v) is 5.59. The van der Waals surface area contributed by atoms with Gasteiger partial charge in [0.15, 0.2) is 0 Å². The molecule has 0 aliphatic rings. The Morgan fingerprint density at radius 1 is 1.39 bits per heavy atom. The zero-order chi connectivity index (χ0) is 13.5. The van der Waals surface area contributed by atoms with Crippen LogP contribution in [0, 0.1) is 11.6 Å². The summed E-state index contributed by atoms with van der Waals surface area (Å²) in [4.78, 5) is 10.6. The van der Waals surface area contributed by atoms with E-state index in [0.717, 1.165) is 18.2 Å². The van der Waals surface area contributed by atoms with Gasteiger partial charge in [-0.2, -0.15) is 0 Å². The van der Waals surface area contributed by atoms with Crippen LogP contribution in [0.15, 0.2) is 18.2 Å². The van der Waals surface area contributed by atoms with E-state index in [0.29, 0.717) is 13.1 Å². The van der Waals surface area contributed by atoms with Gasteiger partial charge in [0.2, 0.25) is 5.91 Å². The Kier molecular flexibility index (Phi) is 5.67. The van der Waals surface area contributed by atoms with Gasteiger partial charge in [0, 0.05) is 32.1 Å². The predicted molar refractivity (Wildman–Crippen MR) is 62.9 cm³/mol. The number of hydrogen-bond acceptors (Lipinski definition) is 3. The molecule has 0 aliphatic heterocycles. The van der Waals surface area contributed by atoms with E-state index in [4.69, 9.17) is 0 Å². The minimum atomic E-state index is -1.13. The van der Waals surface area contributed by atoms with Crippen LogP contribution in [0.1, 0.15) is 18.6 Å². The Labute approximate surface area is 104 Å². The smallest absolute Gasteiger partial charge is 0.216 e. The maximum Gasteiger partial charge on any atom is 0.216 e. The van der Waals surface area contributed by atoms with Gasteiger partial charge in [0.25, 0.3) is 0 Å². The van der Waals surface area contributed by atoms with Gasteiger partial charge in [-0.1, -0.05) is 0 Å². The van der Waals surface area contributed by atoms with Crippen molar-refractivity contribution in [3.05, 3.63) is 35.4 Å². The van der Waals surface area contributed by atoms with Crippen LogP contribution < -0.4 is 10.6 Å². The van der Waals surface area contributed by atoms with Gasteiger partial charge < -0.3 is 15.7 Å². The molecule has 100 valence electrons. The summed E-state index contributed by atoms with van der Waals surface area (Å²) in [7, 11) is 0. The van der Waals surface area contributed by atoms with Crippen LogP contribution in [0.25, 0.3) is 0 Å². The standard InChI is InChI=1S/C12H16F2N2O2/c1-8(17)16-5-4-15-7-12(18)10-6-9(13)2-3-11(10)14/h2-3,6,12,15,18H,4-5,7H2,1H3,(H,16,17). The summed E-state index contributed by atoms with van der Waals surface area (Å²) in [5, 5.41) is 15.1.